The quantitative estimate of drug-likeness (QED) is 0.908. The lowest BCUT2D eigenvalue weighted by molar-refractivity contribution is 0.0693. The number of nitrogens with zero attached hydrogens (tertiary/aromatic N) is 2. The second-order valence-corrected chi connectivity index (χ2v) is 5.21. The average molecular weight is 297 g/mol. The number of allylic oxidation sites excluding steroid dienone is 1. The zero-order valence-electron chi connectivity index (χ0n) is 12.0. The van der Waals surface area contributed by atoms with Crippen LogP contribution in [0.5, 0.6) is 0 Å². The van der Waals surface area contributed by atoms with Crippen molar-refractivity contribution >= 4 is 17.2 Å². The van der Waals surface area contributed by atoms with Gasteiger partial charge in [0.2, 0.25) is 0 Å². The van der Waals surface area contributed by atoms with Gasteiger partial charge >= 0.3 is 5.97 Å². The van der Waals surface area contributed by atoms with Gasteiger partial charge in [0.25, 0.3) is 5.56 Å². The molecule has 1 aromatic heterocycles. The average Bonchev–Trinajstić information content (AvgIpc) is 2.83. The molecule has 1 aliphatic heterocycles. The molecule has 0 spiro atoms. The molecule has 3 rings (SSSR count). The normalized spacial score (nSPS) is 18.2. The van der Waals surface area contributed by atoms with Crippen LogP contribution in [0, 0.1) is 0 Å². The summed E-state index contributed by atoms with van der Waals surface area (Å²) in [6, 6.07) is 9.53. The molecule has 0 bridgehead atoms. The minimum Gasteiger partial charge on any atom is -0.477 e. The number of fused-ring (bicyclic) bond motifs is 1. The van der Waals surface area contributed by atoms with E-state index in [-0.39, 0.29) is 11.6 Å². The van der Waals surface area contributed by atoms with Gasteiger partial charge in [0.05, 0.1) is 0 Å². The third-order valence-corrected chi connectivity index (χ3v) is 3.65. The summed E-state index contributed by atoms with van der Waals surface area (Å²) >= 11 is 0. The molecule has 0 aliphatic carbocycles. The van der Waals surface area contributed by atoms with Crippen molar-refractivity contribution in [2.24, 2.45) is 0 Å². The van der Waals surface area contributed by atoms with Crippen LogP contribution in [0.4, 0.5) is 5.69 Å². The molecule has 2 N–H and O–H groups in total. The van der Waals surface area contributed by atoms with Gasteiger partial charge in [-0.05, 0) is 25.5 Å². The third-order valence-electron chi connectivity index (χ3n) is 3.65. The van der Waals surface area contributed by atoms with Crippen LogP contribution in [0.1, 0.15) is 35.6 Å². The zero-order valence-corrected chi connectivity index (χ0v) is 12.0. The third kappa shape index (κ3) is 2.39. The van der Waals surface area contributed by atoms with Gasteiger partial charge in [0, 0.05) is 29.7 Å². The van der Waals surface area contributed by atoms with Crippen LogP contribution in [0.3, 0.4) is 0 Å². The SMILES string of the molecule is CC1CC(=CNc2ccccc2)c2ncc(C(=O)O)c(=O)n21. The summed E-state index contributed by atoms with van der Waals surface area (Å²) in [5, 5.41) is 12.2. The minimum atomic E-state index is -1.25. The lowest BCUT2D eigenvalue weighted by Crippen LogP contribution is -2.28. The van der Waals surface area contributed by atoms with E-state index < -0.39 is 11.5 Å². The van der Waals surface area contributed by atoms with E-state index in [9.17, 15) is 9.59 Å². The topological polar surface area (TPSA) is 84.2 Å². The second-order valence-electron chi connectivity index (χ2n) is 5.21. The first kappa shape index (κ1) is 14.1. The van der Waals surface area contributed by atoms with Crippen LogP contribution in [0.2, 0.25) is 0 Å². The first-order chi connectivity index (χ1) is 10.6. The molecule has 0 saturated carbocycles. The highest BCUT2D eigenvalue weighted by Gasteiger charge is 2.27. The van der Waals surface area contributed by atoms with Crippen molar-refractivity contribution < 1.29 is 9.90 Å². The van der Waals surface area contributed by atoms with Gasteiger partial charge < -0.3 is 10.4 Å². The number of hydrogen-bond donors (Lipinski definition) is 2. The largest absolute Gasteiger partial charge is 0.477 e. The number of carbonyl (C=O) groups is 1. The first-order valence-corrected chi connectivity index (χ1v) is 6.93. The Labute approximate surface area is 126 Å². The van der Waals surface area contributed by atoms with E-state index >= 15 is 0 Å². The Morgan fingerprint density at radius 1 is 1.41 bits per heavy atom. The smallest absolute Gasteiger partial charge is 0.342 e. The Morgan fingerprint density at radius 3 is 2.82 bits per heavy atom. The number of carboxylic acids is 1. The standard InChI is InChI=1S/C16H15N3O3/c1-10-7-11(8-17-12-5-3-2-4-6-12)14-18-9-13(16(21)22)15(20)19(10)14/h2-6,8-10,17H,7H2,1H3,(H,21,22). The van der Waals surface area contributed by atoms with Crippen molar-refractivity contribution in [2.45, 2.75) is 19.4 Å². The van der Waals surface area contributed by atoms with Crippen LogP contribution in [0.25, 0.3) is 5.57 Å². The molecule has 112 valence electrons. The predicted octanol–water partition coefficient (Wildman–Crippen LogP) is 2.36. The van der Waals surface area contributed by atoms with Gasteiger partial charge in [-0.3, -0.25) is 9.36 Å². The first-order valence-electron chi connectivity index (χ1n) is 6.93. The molecule has 2 heterocycles. The number of rotatable bonds is 3. The number of aromatic carboxylic acids is 1. The zero-order chi connectivity index (χ0) is 15.7. The number of nitrogens with one attached hydrogen (secondary N) is 1. The summed E-state index contributed by atoms with van der Waals surface area (Å²) in [6.45, 7) is 1.88. The molecule has 1 aliphatic rings. The number of anilines is 1. The van der Waals surface area contributed by atoms with E-state index in [1.807, 2.05) is 43.5 Å². The summed E-state index contributed by atoms with van der Waals surface area (Å²) in [5.41, 5.74) is 1.01. The molecule has 0 saturated heterocycles. The molecule has 1 unspecified atom stereocenters. The maximum absolute atomic E-state index is 12.2. The predicted molar refractivity (Wildman–Crippen MR) is 82.8 cm³/mol. The van der Waals surface area contributed by atoms with Crippen molar-refractivity contribution in [1.82, 2.24) is 9.55 Å². The summed E-state index contributed by atoms with van der Waals surface area (Å²) < 4.78 is 1.45. The van der Waals surface area contributed by atoms with Crippen LogP contribution >= 0.6 is 0 Å². The number of para-hydroxylation sites is 1. The van der Waals surface area contributed by atoms with Gasteiger partial charge in [-0.25, -0.2) is 9.78 Å². The van der Waals surface area contributed by atoms with Crippen molar-refractivity contribution in [3.63, 3.8) is 0 Å². The molecule has 0 fully saturated rings. The Balaban J connectivity index is 1.98. The molecule has 6 nitrogen and oxygen atoms in total. The Bertz CT molecular complexity index is 809. The van der Waals surface area contributed by atoms with Crippen LogP contribution < -0.4 is 10.9 Å². The van der Waals surface area contributed by atoms with Gasteiger partial charge in [-0.15, -0.1) is 0 Å². The molecule has 0 amide bonds. The van der Waals surface area contributed by atoms with E-state index in [0.717, 1.165) is 17.5 Å². The van der Waals surface area contributed by atoms with Crippen molar-refractivity contribution in [3.8, 4) is 0 Å². The van der Waals surface area contributed by atoms with Gasteiger partial charge in [0.15, 0.2) is 0 Å². The van der Waals surface area contributed by atoms with Gasteiger partial charge in [-0.2, -0.15) is 0 Å². The van der Waals surface area contributed by atoms with Crippen molar-refractivity contribution in [2.75, 3.05) is 5.32 Å². The molecule has 0 radical (unpaired) electrons. The van der Waals surface area contributed by atoms with Gasteiger partial charge in [-0.1, -0.05) is 18.2 Å². The van der Waals surface area contributed by atoms with Gasteiger partial charge in [0.1, 0.15) is 11.4 Å². The number of benzene rings is 1. The molecule has 6 heteroatoms. The highest BCUT2D eigenvalue weighted by atomic mass is 16.4. The van der Waals surface area contributed by atoms with Crippen LogP contribution in [-0.2, 0) is 0 Å². The van der Waals surface area contributed by atoms with Crippen molar-refractivity contribution in [1.29, 1.82) is 0 Å². The highest BCUT2D eigenvalue weighted by Crippen LogP contribution is 2.31. The van der Waals surface area contributed by atoms with Crippen LogP contribution in [0.15, 0.2) is 47.5 Å². The van der Waals surface area contributed by atoms with E-state index in [2.05, 4.69) is 10.3 Å². The molecular weight excluding hydrogens is 282 g/mol. The van der Waals surface area contributed by atoms with E-state index in [1.165, 1.54) is 4.57 Å². The lowest BCUT2D eigenvalue weighted by atomic mass is 10.2. The summed E-state index contributed by atoms with van der Waals surface area (Å²) in [4.78, 5) is 27.4. The second kappa shape index (κ2) is 5.48. The lowest BCUT2D eigenvalue weighted by Gasteiger charge is -2.07. The fraction of sp³-hybridized carbons (Fsp3) is 0.188. The molecule has 1 aromatic carbocycles. The molecular formula is C16H15N3O3. The summed E-state index contributed by atoms with van der Waals surface area (Å²) in [6.07, 6.45) is 3.58. The number of aromatic nitrogens is 2. The maximum Gasteiger partial charge on any atom is 0.342 e. The fourth-order valence-electron chi connectivity index (χ4n) is 2.59. The monoisotopic (exact) mass is 297 g/mol. The number of hydrogen-bond acceptors (Lipinski definition) is 4. The molecule has 2 aromatic rings. The molecule has 22 heavy (non-hydrogen) atoms. The van der Waals surface area contributed by atoms with Crippen LogP contribution in [-0.4, -0.2) is 20.6 Å². The molecule has 1 atom stereocenters. The summed E-state index contributed by atoms with van der Waals surface area (Å²) in [7, 11) is 0. The Kier molecular flexibility index (Phi) is 3.50. The van der Waals surface area contributed by atoms with E-state index in [4.69, 9.17) is 5.11 Å². The van der Waals surface area contributed by atoms with E-state index in [0.29, 0.717) is 12.2 Å². The number of carboxylic acid groups (broad SMARTS) is 1. The maximum atomic E-state index is 12.2. The van der Waals surface area contributed by atoms with Crippen molar-refractivity contribution in [3.05, 3.63) is 64.5 Å². The Hall–Kier alpha value is -2.89. The Morgan fingerprint density at radius 2 is 2.14 bits per heavy atom. The minimum absolute atomic E-state index is 0.113. The van der Waals surface area contributed by atoms with E-state index in [1.54, 1.807) is 0 Å². The highest BCUT2D eigenvalue weighted by molar-refractivity contribution is 5.87. The fourth-order valence-corrected chi connectivity index (χ4v) is 2.59. The summed E-state index contributed by atoms with van der Waals surface area (Å²) in [5.74, 6) is -0.731.